The molecule has 5 rings (SSSR count). The van der Waals surface area contributed by atoms with E-state index < -0.39 is 0 Å². The fourth-order valence-electron chi connectivity index (χ4n) is 4.87. The third kappa shape index (κ3) is 4.27. The molecule has 0 aliphatic rings. The molecule has 0 amide bonds. The van der Waals surface area contributed by atoms with Gasteiger partial charge in [0.25, 0.3) is 0 Å². The number of aryl methyl sites for hydroxylation is 4. The van der Waals surface area contributed by atoms with Crippen molar-refractivity contribution >= 4 is 11.4 Å². The molecule has 0 bridgehead atoms. The second-order valence-electron chi connectivity index (χ2n) is 9.79. The first-order valence-corrected chi connectivity index (χ1v) is 12.4. The van der Waals surface area contributed by atoms with E-state index in [9.17, 15) is 0 Å². The number of benzene rings is 5. The third-order valence-corrected chi connectivity index (χ3v) is 6.94. The van der Waals surface area contributed by atoms with Gasteiger partial charge in [0, 0.05) is 33.6 Å². The highest BCUT2D eigenvalue weighted by Gasteiger charge is 2.25. The smallest absolute Gasteiger partial charge is 0.0487 e. The van der Waals surface area contributed by atoms with Gasteiger partial charge >= 0.3 is 0 Å². The zero-order valence-corrected chi connectivity index (χ0v) is 21.4. The van der Waals surface area contributed by atoms with Crippen molar-refractivity contribution in [3.63, 3.8) is 0 Å². The van der Waals surface area contributed by atoms with Crippen molar-refractivity contribution in [3.8, 4) is 44.5 Å². The summed E-state index contributed by atoms with van der Waals surface area (Å²) in [4.78, 5) is 0. The lowest BCUT2D eigenvalue weighted by atomic mass is 9.82. The van der Waals surface area contributed by atoms with Gasteiger partial charge in [-0.05, 0) is 49.9 Å². The molecule has 0 aliphatic heterocycles. The Morgan fingerprint density at radius 1 is 0.306 bits per heavy atom. The predicted octanol–water partition coefficient (Wildman–Crippen LogP) is 8.75. The minimum Gasteiger partial charge on any atom is -0.398 e. The molecule has 5 aromatic rings. The van der Waals surface area contributed by atoms with Crippen molar-refractivity contribution in [1.29, 1.82) is 0 Å². The van der Waals surface area contributed by atoms with Crippen LogP contribution < -0.4 is 11.5 Å². The van der Waals surface area contributed by atoms with Crippen LogP contribution in [0, 0.1) is 27.7 Å². The van der Waals surface area contributed by atoms with Gasteiger partial charge < -0.3 is 11.5 Å². The normalized spacial score (nSPS) is 11.0. The summed E-state index contributed by atoms with van der Waals surface area (Å²) in [5.74, 6) is 0. The number of rotatable bonds is 4. The van der Waals surface area contributed by atoms with Crippen molar-refractivity contribution < 1.29 is 0 Å². The molecule has 2 heteroatoms. The summed E-state index contributed by atoms with van der Waals surface area (Å²) in [5.41, 5.74) is 28.8. The average Bonchev–Trinajstić information content (AvgIpc) is 2.87. The molecule has 0 heterocycles. The highest BCUT2D eigenvalue weighted by molar-refractivity contribution is 6.11. The SMILES string of the molecule is Cc1ccc(-c2c(N)c(-c3ccc(C)cc3)c(-c3ccc(C)cc3)c(N)c2-c2ccc(C)cc2)cc1. The molecule has 2 nitrogen and oxygen atoms in total. The Balaban J connectivity index is 1.94. The molecule has 0 spiro atoms. The van der Waals surface area contributed by atoms with Crippen LogP contribution in [0.5, 0.6) is 0 Å². The van der Waals surface area contributed by atoms with Crippen molar-refractivity contribution in [3.05, 3.63) is 119 Å². The van der Waals surface area contributed by atoms with Gasteiger partial charge in [0.2, 0.25) is 0 Å². The molecule has 5 aromatic carbocycles. The second-order valence-corrected chi connectivity index (χ2v) is 9.79. The minimum absolute atomic E-state index is 0.739. The fourth-order valence-corrected chi connectivity index (χ4v) is 4.87. The number of hydrogen-bond acceptors (Lipinski definition) is 2. The van der Waals surface area contributed by atoms with Crippen LogP contribution in [0.1, 0.15) is 22.3 Å². The van der Waals surface area contributed by atoms with E-state index >= 15 is 0 Å². The molecule has 178 valence electrons. The molecule has 0 saturated heterocycles. The van der Waals surface area contributed by atoms with Gasteiger partial charge in [-0.15, -0.1) is 0 Å². The van der Waals surface area contributed by atoms with Crippen LogP contribution in [0.4, 0.5) is 11.4 Å². The third-order valence-electron chi connectivity index (χ3n) is 6.94. The van der Waals surface area contributed by atoms with Crippen LogP contribution in [0.2, 0.25) is 0 Å². The maximum Gasteiger partial charge on any atom is 0.0487 e. The summed E-state index contributed by atoms with van der Waals surface area (Å²) < 4.78 is 0. The van der Waals surface area contributed by atoms with Gasteiger partial charge in [0.05, 0.1) is 0 Å². The van der Waals surface area contributed by atoms with E-state index in [1.165, 1.54) is 22.3 Å². The summed E-state index contributed by atoms with van der Waals surface area (Å²) in [5, 5.41) is 0. The molecule has 0 fully saturated rings. The summed E-state index contributed by atoms with van der Waals surface area (Å²) in [6, 6.07) is 34.2. The molecule has 36 heavy (non-hydrogen) atoms. The van der Waals surface area contributed by atoms with E-state index in [2.05, 4.69) is 125 Å². The maximum atomic E-state index is 7.17. The Kier molecular flexibility index (Phi) is 6.12. The topological polar surface area (TPSA) is 52.0 Å². The molecular weight excluding hydrogens is 436 g/mol. The van der Waals surface area contributed by atoms with E-state index in [-0.39, 0.29) is 0 Å². The Bertz CT molecular complexity index is 1290. The molecule has 4 N–H and O–H groups in total. The zero-order valence-electron chi connectivity index (χ0n) is 21.4. The van der Waals surface area contributed by atoms with E-state index in [4.69, 9.17) is 11.5 Å². The highest BCUT2D eigenvalue weighted by atomic mass is 14.6. The first kappa shape index (κ1) is 23.4. The Labute approximate surface area is 214 Å². The molecule has 0 atom stereocenters. The largest absolute Gasteiger partial charge is 0.398 e. The van der Waals surface area contributed by atoms with Crippen molar-refractivity contribution in [2.75, 3.05) is 11.5 Å². The summed E-state index contributed by atoms with van der Waals surface area (Å²) in [6.07, 6.45) is 0. The Hall–Kier alpha value is -4.30. The van der Waals surface area contributed by atoms with Crippen molar-refractivity contribution in [2.45, 2.75) is 27.7 Å². The van der Waals surface area contributed by atoms with E-state index in [1.54, 1.807) is 0 Å². The van der Waals surface area contributed by atoms with Crippen LogP contribution in [0.15, 0.2) is 97.1 Å². The predicted molar refractivity (Wildman–Crippen MR) is 156 cm³/mol. The van der Waals surface area contributed by atoms with Gasteiger partial charge in [-0.1, -0.05) is 119 Å². The molecule has 0 aromatic heterocycles. The Morgan fingerprint density at radius 3 is 0.639 bits per heavy atom. The first-order valence-electron chi connectivity index (χ1n) is 12.4. The van der Waals surface area contributed by atoms with Crippen molar-refractivity contribution in [2.24, 2.45) is 0 Å². The van der Waals surface area contributed by atoms with Crippen LogP contribution in [0.3, 0.4) is 0 Å². The van der Waals surface area contributed by atoms with E-state index in [1.807, 2.05) is 0 Å². The van der Waals surface area contributed by atoms with E-state index in [0.29, 0.717) is 0 Å². The highest BCUT2D eigenvalue weighted by Crippen LogP contribution is 2.52. The van der Waals surface area contributed by atoms with Crippen molar-refractivity contribution in [1.82, 2.24) is 0 Å². The molecule has 0 radical (unpaired) electrons. The summed E-state index contributed by atoms with van der Waals surface area (Å²) in [6.45, 7) is 8.39. The van der Waals surface area contributed by atoms with E-state index in [0.717, 1.165) is 55.9 Å². The van der Waals surface area contributed by atoms with Crippen LogP contribution >= 0.6 is 0 Å². The van der Waals surface area contributed by atoms with Crippen LogP contribution in [0.25, 0.3) is 44.5 Å². The lowest BCUT2D eigenvalue weighted by Gasteiger charge is -2.25. The molecule has 0 unspecified atom stereocenters. The monoisotopic (exact) mass is 468 g/mol. The zero-order chi connectivity index (χ0) is 25.4. The molecule has 0 saturated carbocycles. The van der Waals surface area contributed by atoms with Crippen LogP contribution in [-0.4, -0.2) is 0 Å². The number of nitrogen functional groups attached to an aromatic ring is 2. The maximum absolute atomic E-state index is 7.17. The lowest BCUT2D eigenvalue weighted by molar-refractivity contribution is 1.44. The molecule has 0 aliphatic carbocycles. The Morgan fingerprint density at radius 2 is 0.472 bits per heavy atom. The lowest BCUT2D eigenvalue weighted by Crippen LogP contribution is -2.05. The number of nitrogens with two attached hydrogens (primary N) is 2. The number of anilines is 2. The van der Waals surface area contributed by atoms with Gasteiger partial charge in [0.1, 0.15) is 0 Å². The summed E-state index contributed by atoms with van der Waals surface area (Å²) in [7, 11) is 0. The van der Waals surface area contributed by atoms with Crippen LogP contribution in [-0.2, 0) is 0 Å². The van der Waals surface area contributed by atoms with Gasteiger partial charge in [-0.2, -0.15) is 0 Å². The van der Waals surface area contributed by atoms with Gasteiger partial charge in [-0.3, -0.25) is 0 Å². The van der Waals surface area contributed by atoms with Gasteiger partial charge in [-0.25, -0.2) is 0 Å². The quantitative estimate of drug-likeness (QED) is 0.259. The second kappa shape index (κ2) is 9.39. The minimum atomic E-state index is 0.739. The number of hydrogen-bond donors (Lipinski definition) is 2. The van der Waals surface area contributed by atoms with Gasteiger partial charge in [0.15, 0.2) is 0 Å². The first-order chi connectivity index (χ1) is 17.3. The average molecular weight is 469 g/mol. The molecular formula is C34H32N2. The summed E-state index contributed by atoms with van der Waals surface area (Å²) >= 11 is 0. The standard InChI is InChI=1S/C34H32N2/c1-21-5-13-25(14-6-21)29-30(26-15-7-22(2)8-16-26)34(36)32(28-19-11-24(4)12-20-28)31(33(29)35)27-17-9-23(3)10-18-27/h5-20H,35-36H2,1-4H3. The fraction of sp³-hybridized carbons (Fsp3) is 0.118.